The van der Waals surface area contributed by atoms with Crippen molar-refractivity contribution in [3.63, 3.8) is 0 Å². The summed E-state index contributed by atoms with van der Waals surface area (Å²) in [5.41, 5.74) is 2.80. The zero-order valence-electron chi connectivity index (χ0n) is 16.6. The Morgan fingerprint density at radius 2 is 2.00 bits per heavy atom. The van der Waals surface area contributed by atoms with Gasteiger partial charge < -0.3 is 19.6 Å². The molecule has 1 aliphatic rings. The first-order chi connectivity index (χ1) is 14.6. The highest BCUT2D eigenvalue weighted by Crippen LogP contribution is 2.41. The molecule has 0 unspecified atom stereocenters. The molecule has 5 rings (SSSR count). The Bertz CT molecular complexity index is 1220. The van der Waals surface area contributed by atoms with Gasteiger partial charge in [0.05, 0.1) is 13.2 Å². The second-order valence-electron chi connectivity index (χ2n) is 7.63. The van der Waals surface area contributed by atoms with Gasteiger partial charge in [0.25, 0.3) is 5.91 Å². The number of carbonyl (C=O) groups is 1. The molecule has 2 aromatic heterocycles. The van der Waals surface area contributed by atoms with Crippen molar-refractivity contribution in [2.45, 2.75) is 37.8 Å². The molecule has 30 heavy (non-hydrogen) atoms. The highest BCUT2D eigenvalue weighted by molar-refractivity contribution is 7.13. The molecule has 2 aromatic carbocycles. The van der Waals surface area contributed by atoms with Crippen molar-refractivity contribution in [2.75, 3.05) is 7.11 Å². The van der Waals surface area contributed by atoms with Crippen LogP contribution in [0.25, 0.3) is 32.5 Å². The predicted molar refractivity (Wildman–Crippen MR) is 117 cm³/mol. The Morgan fingerprint density at radius 3 is 2.80 bits per heavy atom. The van der Waals surface area contributed by atoms with Crippen molar-refractivity contribution in [1.82, 2.24) is 10.3 Å². The van der Waals surface area contributed by atoms with Gasteiger partial charge in [0.15, 0.2) is 11.3 Å². The van der Waals surface area contributed by atoms with Crippen LogP contribution in [0.4, 0.5) is 0 Å². The summed E-state index contributed by atoms with van der Waals surface area (Å²) in [6.45, 7) is 0. The number of thiazole rings is 1. The molecule has 1 amide bonds. The fraction of sp³-hybridized carbons (Fsp3) is 0.304. The Morgan fingerprint density at radius 1 is 1.20 bits per heavy atom. The number of ether oxygens (including phenoxy) is 1. The molecular formula is C23H22N2O4S. The fourth-order valence-electron chi connectivity index (χ4n) is 4.12. The molecule has 0 saturated heterocycles. The van der Waals surface area contributed by atoms with E-state index in [0.717, 1.165) is 52.6 Å². The van der Waals surface area contributed by atoms with Crippen molar-refractivity contribution < 1.29 is 19.1 Å². The van der Waals surface area contributed by atoms with Crippen LogP contribution in [-0.2, 0) is 0 Å². The number of carbonyl (C=O) groups excluding carboxylic acids is 1. The summed E-state index contributed by atoms with van der Waals surface area (Å²) in [6, 6.07) is 11.8. The fourth-order valence-corrected chi connectivity index (χ4v) is 4.96. The summed E-state index contributed by atoms with van der Waals surface area (Å²) in [4.78, 5) is 17.3. The third kappa shape index (κ3) is 3.34. The van der Waals surface area contributed by atoms with Gasteiger partial charge in [0.1, 0.15) is 16.3 Å². The lowest BCUT2D eigenvalue weighted by atomic mass is 9.93. The summed E-state index contributed by atoms with van der Waals surface area (Å²) in [5, 5.41) is 17.2. The molecule has 6 nitrogen and oxygen atoms in total. The molecule has 1 aliphatic carbocycles. The van der Waals surface area contributed by atoms with Gasteiger partial charge in [-0.25, -0.2) is 4.98 Å². The quantitative estimate of drug-likeness (QED) is 0.496. The number of benzene rings is 2. The van der Waals surface area contributed by atoms with E-state index in [-0.39, 0.29) is 18.1 Å². The second kappa shape index (κ2) is 7.74. The van der Waals surface area contributed by atoms with Gasteiger partial charge in [0, 0.05) is 27.8 Å². The van der Waals surface area contributed by atoms with Crippen LogP contribution in [0.3, 0.4) is 0 Å². The van der Waals surface area contributed by atoms with Crippen molar-refractivity contribution >= 4 is 39.2 Å². The van der Waals surface area contributed by atoms with Gasteiger partial charge in [-0.3, -0.25) is 4.79 Å². The summed E-state index contributed by atoms with van der Waals surface area (Å²) in [6.07, 6.45) is 2.80. The summed E-state index contributed by atoms with van der Waals surface area (Å²) >= 11 is 1.44. The van der Waals surface area contributed by atoms with Crippen LogP contribution in [0.1, 0.15) is 36.2 Å². The van der Waals surface area contributed by atoms with Crippen LogP contribution >= 0.6 is 11.3 Å². The number of rotatable bonds is 4. The van der Waals surface area contributed by atoms with Gasteiger partial charge in [-0.15, -0.1) is 11.3 Å². The summed E-state index contributed by atoms with van der Waals surface area (Å²) in [5.74, 6) is 0.500. The number of aliphatic hydroxyl groups excluding tert-OH is 1. The Labute approximate surface area is 177 Å². The van der Waals surface area contributed by atoms with E-state index in [1.807, 2.05) is 36.4 Å². The van der Waals surface area contributed by atoms with E-state index >= 15 is 0 Å². The Balaban J connectivity index is 1.49. The first kappa shape index (κ1) is 19.1. The van der Waals surface area contributed by atoms with Crippen molar-refractivity contribution in [3.8, 4) is 16.3 Å². The normalized spacial score (nSPS) is 19.3. The van der Waals surface area contributed by atoms with E-state index in [1.165, 1.54) is 11.3 Å². The van der Waals surface area contributed by atoms with Crippen LogP contribution in [-0.4, -0.2) is 35.3 Å². The van der Waals surface area contributed by atoms with Crippen LogP contribution in [0, 0.1) is 0 Å². The number of nitrogens with one attached hydrogen (secondary N) is 1. The maximum Gasteiger partial charge on any atom is 0.270 e. The number of aliphatic hydroxyl groups is 1. The van der Waals surface area contributed by atoms with Gasteiger partial charge in [-0.2, -0.15) is 0 Å². The molecule has 0 aliphatic heterocycles. The third-order valence-electron chi connectivity index (χ3n) is 5.71. The predicted octanol–water partition coefficient (Wildman–Crippen LogP) is 4.75. The molecule has 2 N–H and O–H groups in total. The average molecular weight is 423 g/mol. The van der Waals surface area contributed by atoms with Crippen LogP contribution in [0.5, 0.6) is 5.75 Å². The molecule has 0 radical (unpaired) electrons. The first-order valence-corrected chi connectivity index (χ1v) is 10.9. The van der Waals surface area contributed by atoms with Gasteiger partial charge >= 0.3 is 0 Å². The number of para-hydroxylation sites is 1. The van der Waals surface area contributed by atoms with E-state index in [9.17, 15) is 9.90 Å². The molecule has 1 fully saturated rings. The third-order valence-corrected chi connectivity index (χ3v) is 6.58. The molecule has 4 aromatic rings. The minimum absolute atomic E-state index is 0.0940. The lowest BCUT2D eigenvalue weighted by molar-refractivity contribution is 0.0864. The topological polar surface area (TPSA) is 84.6 Å². The number of fused-ring (bicyclic) bond motifs is 3. The number of hydrogen-bond donors (Lipinski definition) is 2. The zero-order valence-corrected chi connectivity index (χ0v) is 17.4. The number of nitrogens with zero attached hydrogens (tertiary/aromatic N) is 1. The summed E-state index contributed by atoms with van der Waals surface area (Å²) < 4.78 is 11.5. The Hall–Kier alpha value is -2.90. The molecule has 0 bridgehead atoms. The minimum Gasteiger partial charge on any atom is -0.493 e. The number of hydrogen-bond acceptors (Lipinski definition) is 6. The van der Waals surface area contributed by atoms with Gasteiger partial charge in [-0.1, -0.05) is 18.2 Å². The Kier molecular flexibility index (Phi) is 4.92. The number of aromatic nitrogens is 1. The molecule has 1 saturated carbocycles. The van der Waals surface area contributed by atoms with E-state index in [1.54, 1.807) is 12.5 Å². The first-order valence-electron chi connectivity index (χ1n) is 10.1. The standard InChI is InChI=1S/C23H22N2O4S/c1-28-19-11-10-16(20-15-4-2-3-5-18(15)29-21(19)20)23-25-17(12-30-23)22(27)24-13-6-8-14(26)9-7-13/h2-5,10-14,26H,6-9H2,1H3,(H,24,27). The molecule has 7 heteroatoms. The SMILES string of the molecule is COc1ccc(-c2nc(C(=O)NC3CCC(O)CC3)cs2)c2c1oc1ccccc12. The summed E-state index contributed by atoms with van der Waals surface area (Å²) in [7, 11) is 1.62. The molecule has 2 heterocycles. The lowest BCUT2D eigenvalue weighted by Crippen LogP contribution is -2.38. The average Bonchev–Trinajstić information content (AvgIpc) is 3.40. The monoisotopic (exact) mass is 422 g/mol. The maximum atomic E-state index is 12.7. The maximum absolute atomic E-state index is 12.7. The highest BCUT2D eigenvalue weighted by atomic mass is 32.1. The van der Waals surface area contributed by atoms with Crippen molar-refractivity contribution in [3.05, 3.63) is 47.5 Å². The smallest absolute Gasteiger partial charge is 0.270 e. The zero-order chi connectivity index (χ0) is 20.7. The van der Waals surface area contributed by atoms with Crippen LogP contribution < -0.4 is 10.1 Å². The molecule has 154 valence electrons. The van der Waals surface area contributed by atoms with E-state index < -0.39 is 0 Å². The number of furan rings is 1. The lowest BCUT2D eigenvalue weighted by Gasteiger charge is -2.25. The second-order valence-corrected chi connectivity index (χ2v) is 8.49. The van der Waals surface area contributed by atoms with Crippen molar-refractivity contribution in [2.24, 2.45) is 0 Å². The molecular weight excluding hydrogens is 400 g/mol. The van der Waals surface area contributed by atoms with Gasteiger partial charge in [0.2, 0.25) is 0 Å². The highest BCUT2D eigenvalue weighted by Gasteiger charge is 2.23. The number of amides is 1. The molecule has 0 atom stereocenters. The van der Waals surface area contributed by atoms with Crippen LogP contribution in [0.15, 0.2) is 46.2 Å². The van der Waals surface area contributed by atoms with E-state index in [4.69, 9.17) is 9.15 Å². The number of methoxy groups -OCH3 is 1. The van der Waals surface area contributed by atoms with E-state index in [0.29, 0.717) is 17.0 Å². The van der Waals surface area contributed by atoms with E-state index in [2.05, 4.69) is 10.3 Å². The van der Waals surface area contributed by atoms with Crippen molar-refractivity contribution in [1.29, 1.82) is 0 Å². The minimum atomic E-state index is -0.244. The molecule has 0 spiro atoms. The largest absolute Gasteiger partial charge is 0.493 e. The van der Waals surface area contributed by atoms with Gasteiger partial charge in [-0.05, 0) is 43.9 Å². The van der Waals surface area contributed by atoms with Crippen LogP contribution in [0.2, 0.25) is 0 Å².